The third kappa shape index (κ3) is 4.72. The van der Waals surface area contributed by atoms with Gasteiger partial charge in [0.05, 0.1) is 17.2 Å². The van der Waals surface area contributed by atoms with Gasteiger partial charge in [0.2, 0.25) is 0 Å². The average molecular weight is 454 g/mol. The highest BCUT2D eigenvalue weighted by atomic mass is 32.2. The van der Waals surface area contributed by atoms with Gasteiger partial charge in [-0.1, -0.05) is 48.5 Å². The summed E-state index contributed by atoms with van der Waals surface area (Å²) >= 11 is 0. The van der Waals surface area contributed by atoms with E-state index >= 15 is 0 Å². The molecule has 32 heavy (non-hydrogen) atoms. The Kier molecular flexibility index (Phi) is 6.09. The first-order chi connectivity index (χ1) is 15.3. The zero-order chi connectivity index (χ0) is 22.7. The molecule has 1 fully saturated rings. The number of likely N-dealkylation sites (N-methyl/N-ethyl adjacent to an activating group) is 1. The normalized spacial score (nSPS) is 17.1. The van der Waals surface area contributed by atoms with E-state index in [4.69, 9.17) is 4.74 Å². The van der Waals surface area contributed by atoms with E-state index in [1.54, 1.807) is 10.9 Å². The van der Waals surface area contributed by atoms with Gasteiger partial charge in [-0.3, -0.25) is 4.79 Å². The smallest absolute Gasteiger partial charge is 0.342 e. The first-order valence-corrected chi connectivity index (χ1v) is 12.0. The van der Waals surface area contributed by atoms with Gasteiger partial charge < -0.3 is 9.64 Å². The number of esters is 1. The summed E-state index contributed by atoms with van der Waals surface area (Å²) in [7, 11) is -1.59. The number of aromatic nitrogens is 2. The molecule has 2 aromatic carbocycles. The number of sulfone groups is 1. The van der Waals surface area contributed by atoms with E-state index in [1.807, 2.05) is 60.7 Å². The van der Waals surface area contributed by atoms with Gasteiger partial charge in [0.25, 0.3) is 5.91 Å². The van der Waals surface area contributed by atoms with Crippen molar-refractivity contribution >= 4 is 21.7 Å². The van der Waals surface area contributed by atoms with Crippen molar-refractivity contribution in [2.24, 2.45) is 0 Å². The fourth-order valence-electron chi connectivity index (χ4n) is 3.64. The molecular weight excluding hydrogens is 430 g/mol. The van der Waals surface area contributed by atoms with Crippen molar-refractivity contribution in [3.05, 3.63) is 72.4 Å². The molecule has 0 spiro atoms. The maximum Gasteiger partial charge on any atom is 0.342 e. The molecule has 0 aliphatic carbocycles. The summed E-state index contributed by atoms with van der Waals surface area (Å²) in [5, 5.41) is 4.57. The van der Waals surface area contributed by atoms with Crippen LogP contribution in [0.1, 0.15) is 16.8 Å². The first-order valence-electron chi connectivity index (χ1n) is 10.2. The molecule has 166 valence electrons. The van der Waals surface area contributed by atoms with E-state index < -0.39 is 34.4 Å². The van der Waals surface area contributed by atoms with Crippen LogP contribution < -0.4 is 0 Å². The lowest BCUT2D eigenvalue weighted by Gasteiger charge is -2.23. The topological polar surface area (TPSA) is 98.6 Å². The number of ether oxygens (including phenoxy) is 1. The van der Waals surface area contributed by atoms with Crippen LogP contribution in [0.3, 0.4) is 0 Å². The van der Waals surface area contributed by atoms with E-state index in [9.17, 15) is 18.0 Å². The van der Waals surface area contributed by atoms with Gasteiger partial charge >= 0.3 is 5.97 Å². The SMILES string of the molecule is CN(C(=O)COC(=O)c1cn(-c2ccccc2)nc1-c1ccccc1)[C@@H]1CCS(=O)(=O)C1. The standard InChI is InChI=1S/C23H23N3O5S/c1-25(19-12-13-32(29,30)16-19)21(27)15-31-23(28)20-14-26(18-10-6-3-7-11-18)24-22(20)17-8-4-2-5-9-17/h2-11,14,19H,12-13,15-16H2,1H3/t19-/m1/s1. The van der Waals surface area contributed by atoms with Gasteiger partial charge in [0.1, 0.15) is 11.3 Å². The molecular formula is C23H23N3O5S. The summed E-state index contributed by atoms with van der Waals surface area (Å²) in [5.74, 6) is -1.12. The summed E-state index contributed by atoms with van der Waals surface area (Å²) in [5.41, 5.74) is 2.21. The van der Waals surface area contributed by atoms with Crippen LogP contribution in [0.15, 0.2) is 66.9 Å². The Hall–Kier alpha value is -3.46. The molecule has 0 bridgehead atoms. The first kappa shape index (κ1) is 21.8. The molecule has 3 aromatic rings. The molecule has 1 aliphatic rings. The van der Waals surface area contributed by atoms with E-state index in [2.05, 4.69) is 5.10 Å². The number of amides is 1. The monoisotopic (exact) mass is 453 g/mol. The maximum atomic E-state index is 12.9. The van der Waals surface area contributed by atoms with E-state index in [0.29, 0.717) is 12.1 Å². The summed E-state index contributed by atoms with van der Waals surface area (Å²) in [6.07, 6.45) is 1.97. The van der Waals surface area contributed by atoms with Crippen molar-refractivity contribution in [1.82, 2.24) is 14.7 Å². The van der Waals surface area contributed by atoms with Crippen LogP contribution in [-0.4, -0.2) is 66.2 Å². The molecule has 1 saturated heterocycles. The van der Waals surface area contributed by atoms with Gasteiger partial charge in [0, 0.05) is 24.8 Å². The Balaban J connectivity index is 1.52. The van der Waals surface area contributed by atoms with Crippen LogP contribution >= 0.6 is 0 Å². The summed E-state index contributed by atoms with van der Waals surface area (Å²) in [6.45, 7) is -0.476. The number of benzene rings is 2. The quantitative estimate of drug-likeness (QED) is 0.532. The van der Waals surface area contributed by atoms with Crippen molar-refractivity contribution in [3.8, 4) is 16.9 Å². The summed E-state index contributed by atoms with van der Waals surface area (Å²) in [6, 6.07) is 18.2. The Morgan fingerprint density at radius 3 is 2.38 bits per heavy atom. The fraction of sp³-hybridized carbons (Fsp3) is 0.261. The van der Waals surface area contributed by atoms with Crippen molar-refractivity contribution in [2.75, 3.05) is 25.2 Å². The van der Waals surface area contributed by atoms with Crippen LogP contribution in [0.25, 0.3) is 16.9 Å². The van der Waals surface area contributed by atoms with Crippen LogP contribution in [0.5, 0.6) is 0 Å². The average Bonchev–Trinajstić information content (AvgIpc) is 3.41. The second-order valence-electron chi connectivity index (χ2n) is 7.68. The zero-order valence-corrected chi connectivity index (χ0v) is 18.4. The second kappa shape index (κ2) is 8.96. The second-order valence-corrected chi connectivity index (χ2v) is 9.90. The molecule has 8 nitrogen and oxygen atoms in total. The predicted molar refractivity (Wildman–Crippen MR) is 119 cm³/mol. The Labute approximate surface area is 186 Å². The van der Waals surface area contributed by atoms with Crippen molar-refractivity contribution in [3.63, 3.8) is 0 Å². The van der Waals surface area contributed by atoms with Gasteiger partial charge in [-0.2, -0.15) is 5.10 Å². The Morgan fingerprint density at radius 2 is 1.75 bits per heavy atom. The van der Waals surface area contributed by atoms with E-state index in [0.717, 1.165) is 11.3 Å². The molecule has 1 atom stereocenters. The minimum atomic E-state index is -3.12. The fourth-order valence-corrected chi connectivity index (χ4v) is 5.41. The third-order valence-electron chi connectivity index (χ3n) is 5.48. The van der Waals surface area contributed by atoms with Crippen molar-refractivity contribution in [1.29, 1.82) is 0 Å². The molecule has 1 amide bonds. The number of rotatable bonds is 6. The number of para-hydroxylation sites is 1. The molecule has 2 heterocycles. The highest BCUT2D eigenvalue weighted by Gasteiger charge is 2.33. The highest BCUT2D eigenvalue weighted by Crippen LogP contribution is 2.24. The van der Waals surface area contributed by atoms with Gasteiger partial charge in [-0.15, -0.1) is 0 Å². The number of hydrogen-bond acceptors (Lipinski definition) is 6. The highest BCUT2D eigenvalue weighted by molar-refractivity contribution is 7.91. The number of carbonyl (C=O) groups excluding carboxylic acids is 2. The minimum Gasteiger partial charge on any atom is -0.452 e. The van der Waals surface area contributed by atoms with E-state index in [1.165, 1.54) is 11.9 Å². The number of nitrogens with zero attached hydrogens (tertiary/aromatic N) is 3. The number of carbonyl (C=O) groups is 2. The van der Waals surface area contributed by atoms with Crippen LogP contribution in [0, 0.1) is 0 Å². The molecule has 0 radical (unpaired) electrons. The maximum absolute atomic E-state index is 12.9. The zero-order valence-electron chi connectivity index (χ0n) is 17.5. The predicted octanol–water partition coefficient (Wildman–Crippen LogP) is 2.34. The molecule has 0 N–H and O–H groups in total. The molecule has 0 saturated carbocycles. The van der Waals surface area contributed by atoms with Crippen LogP contribution in [0.2, 0.25) is 0 Å². The van der Waals surface area contributed by atoms with Crippen LogP contribution in [-0.2, 0) is 19.4 Å². The molecule has 1 aromatic heterocycles. The largest absolute Gasteiger partial charge is 0.452 e. The Morgan fingerprint density at radius 1 is 1.09 bits per heavy atom. The molecule has 1 aliphatic heterocycles. The lowest BCUT2D eigenvalue weighted by molar-refractivity contribution is -0.134. The summed E-state index contributed by atoms with van der Waals surface area (Å²) in [4.78, 5) is 26.7. The van der Waals surface area contributed by atoms with Crippen LogP contribution in [0.4, 0.5) is 0 Å². The molecule has 4 rings (SSSR count). The van der Waals surface area contributed by atoms with Crippen molar-refractivity contribution < 1.29 is 22.7 Å². The Bertz CT molecular complexity index is 1220. The van der Waals surface area contributed by atoms with Crippen molar-refractivity contribution in [2.45, 2.75) is 12.5 Å². The molecule has 9 heteroatoms. The lowest BCUT2D eigenvalue weighted by Crippen LogP contribution is -2.40. The van der Waals surface area contributed by atoms with Gasteiger partial charge in [-0.05, 0) is 18.6 Å². The summed E-state index contributed by atoms with van der Waals surface area (Å²) < 4.78 is 30.3. The minimum absolute atomic E-state index is 0.0637. The lowest BCUT2D eigenvalue weighted by atomic mass is 10.1. The number of hydrogen-bond donors (Lipinski definition) is 0. The van der Waals surface area contributed by atoms with Gasteiger partial charge in [-0.25, -0.2) is 17.9 Å². The van der Waals surface area contributed by atoms with E-state index in [-0.39, 0.29) is 17.1 Å². The van der Waals surface area contributed by atoms with Gasteiger partial charge in [0.15, 0.2) is 16.4 Å². The third-order valence-corrected chi connectivity index (χ3v) is 7.23. The molecule has 0 unspecified atom stereocenters.